The number of carbonyl (C=O) groups excluding carboxylic acids is 1. The van der Waals surface area contributed by atoms with Crippen molar-refractivity contribution >= 4 is 28.8 Å². The Morgan fingerprint density at radius 3 is 2.33 bits per heavy atom. The molecule has 24 heavy (non-hydrogen) atoms. The van der Waals surface area contributed by atoms with E-state index in [4.69, 9.17) is 12.2 Å². The van der Waals surface area contributed by atoms with E-state index in [-0.39, 0.29) is 13.0 Å². The number of rotatable bonds is 6. The predicted molar refractivity (Wildman–Crippen MR) is 97.8 cm³/mol. The van der Waals surface area contributed by atoms with Crippen LogP contribution in [0.15, 0.2) is 65.8 Å². The summed E-state index contributed by atoms with van der Waals surface area (Å²) in [5.74, 6) is -0.424. The fourth-order valence-corrected chi connectivity index (χ4v) is 2.18. The SMILES string of the molecule is C/C(CC(=O)N(O)Cc1ccccc1)=N\NC(=S)c1ccccc1. The molecule has 1 amide bonds. The maximum Gasteiger partial charge on any atom is 0.251 e. The van der Waals surface area contributed by atoms with Gasteiger partial charge in [0.25, 0.3) is 5.91 Å². The first-order valence-electron chi connectivity index (χ1n) is 7.48. The molecule has 2 rings (SSSR count). The molecule has 2 aromatic rings. The average Bonchev–Trinajstić information content (AvgIpc) is 2.61. The van der Waals surface area contributed by atoms with Gasteiger partial charge in [0.2, 0.25) is 0 Å². The van der Waals surface area contributed by atoms with Gasteiger partial charge in [0.1, 0.15) is 4.99 Å². The molecule has 0 heterocycles. The van der Waals surface area contributed by atoms with Crippen LogP contribution in [0.1, 0.15) is 24.5 Å². The standard InChI is InChI=1S/C18H19N3O2S/c1-14(19-20-18(24)16-10-6-3-7-11-16)12-17(22)21(23)13-15-8-4-2-5-9-15/h2-11,23H,12-13H2,1H3,(H,20,24)/b19-14+. The Labute approximate surface area is 146 Å². The van der Waals surface area contributed by atoms with Crippen molar-refractivity contribution in [2.75, 3.05) is 0 Å². The third-order valence-corrected chi connectivity index (χ3v) is 3.58. The van der Waals surface area contributed by atoms with Crippen LogP contribution in [0.25, 0.3) is 0 Å². The summed E-state index contributed by atoms with van der Waals surface area (Å²) in [5.41, 5.74) is 5.00. The summed E-state index contributed by atoms with van der Waals surface area (Å²) < 4.78 is 0. The van der Waals surface area contributed by atoms with Crippen LogP contribution in [0, 0.1) is 0 Å². The van der Waals surface area contributed by atoms with Gasteiger partial charge in [-0.25, -0.2) is 5.06 Å². The zero-order valence-corrected chi connectivity index (χ0v) is 14.2. The van der Waals surface area contributed by atoms with Crippen molar-refractivity contribution in [2.45, 2.75) is 19.9 Å². The number of hydroxylamine groups is 2. The van der Waals surface area contributed by atoms with Gasteiger partial charge in [0.15, 0.2) is 0 Å². The van der Waals surface area contributed by atoms with Crippen molar-refractivity contribution in [2.24, 2.45) is 5.10 Å². The van der Waals surface area contributed by atoms with E-state index in [9.17, 15) is 10.0 Å². The van der Waals surface area contributed by atoms with Gasteiger partial charge in [0, 0.05) is 11.3 Å². The first kappa shape index (κ1) is 17.8. The van der Waals surface area contributed by atoms with Crippen LogP contribution in [0.4, 0.5) is 0 Å². The average molecular weight is 341 g/mol. The molecule has 0 aliphatic rings. The van der Waals surface area contributed by atoms with Gasteiger partial charge >= 0.3 is 0 Å². The van der Waals surface area contributed by atoms with Gasteiger partial charge in [-0.15, -0.1) is 0 Å². The van der Waals surface area contributed by atoms with E-state index in [1.807, 2.05) is 60.7 Å². The number of hydrogen-bond acceptors (Lipinski definition) is 4. The fraction of sp³-hybridized carbons (Fsp3) is 0.167. The number of thiocarbonyl (C=S) groups is 1. The van der Waals surface area contributed by atoms with E-state index >= 15 is 0 Å². The monoisotopic (exact) mass is 341 g/mol. The van der Waals surface area contributed by atoms with E-state index in [1.165, 1.54) is 0 Å². The van der Waals surface area contributed by atoms with Gasteiger partial charge in [-0.1, -0.05) is 72.9 Å². The third-order valence-electron chi connectivity index (χ3n) is 3.25. The highest BCUT2D eigenvalue weighted by Gasteiger charge is 2.12. The number of amides is 1. The van der Waals surface area contributed by atoms with Gasteiger partial charge in [-0.3, -0.25) is 15.4 Å². The molecule has 0 bridgehead atoms. The summed E-state index contributed by atoms with van der Waals surface area (Å²) in [5, 5.41) is 14.7. The summed E-state index contributed by atoms with van der Waals surface area (Å²) in [6.45, 7) is 1.84. The molecule has 0 aromatic heterocycles. The van der Waals surface area contributed by atoms with Crippen molar-refractivity contribution in [1.29, 1.82) is 0 Å². The zero-order valence-electron chi connectivity index (χ0n) is 13.3. The molecule has 5 nitrogen and oxygen atoms in total. The lowest BCUT2D eigenvalue weighted by molar-refractivity contribution is -0.166. The molecule has 0 aliphatic heterocycles. The van der Waals surface area contributed by atoms with Crippen LogP contribution in [-0.4, -0.2) is 26.9 Å². The van der Waals surface area contributed by atoms with Crippen molar-refractivity contribution in [3.8, 4) is 0 Å². The first-order chi connectivity index (χ1) is 11.6. The number of benzene rings is 2. The van der Waals surface area contributed by atoms with E-state index in [0.717, 1.165) is 11.1 Å². The molecule has 6 heteroatoms. The van der Waals surface area contributed by atoms with Crippen molar-refractivity contribution in [1.82, 2.24) is 10.5 Å². The Hall–Kier alpha value is -2.57. The first-order valence-corrected chi connectivity index (χ1v) is 7.89. The maximum absolute atomic E-state index is 12.0. The van der Waals surface area contributed by atoms with Crippen molar-refractivity contribution in [3.05, 3.63) is 71.8 Å². The Balaban J connectivity index is 1.85. The van der Waals surface area contributed by atoms with Gasteiger partial charge in [-0.05, 0) is 12.5 Å². The Kier molecular flexibility index (Phi) is 6.60. The maximum atomic E-state index is 12.0. The second-order valence-corrected chi connectivity index (χ2v) is 5.68. The molecule has 0 saturated heterocycles. The highest BCUT2D eigenvalue weighted by molar-refractivity contribution is 7.80. The minimum Gasteiger partial charge on any atom is -0.286 e. The van der Waals surface area contributed by atoms with Crippen LogP contribution in [0.3, 0.4) is 0 Å². The molecule has 2 N–H and O–H groups in total. The smallest absolute Gasteiger partial charge is 0.251 e. The summed E-state index contributed by atoms with van der Waals surface area (Å²) in [6, 6.07) is 18.7. The predicted octanol–water partition coefficient (Wildman–Crippen LogP) is 3.14. The van der Waals surface area contributed by atoms with E-state index < -0.39 is 5.91 Å². The van der Waals surface area contributed by atoms with Gasteiger partial charge < -0.3 is 0 Å². The molecule has 0 aliphatic carbocycles. The number of hydrazone groups is 1. The van der Waals surface area contributed by atoms with E-state index in [0.29, 0.717) is 15.8 Å². The van der Waals surface area contributed by atoms with Crippen LogP contribution in [-0.2, 0) is 11.3 Å². The molecule has 0 atom stereocenters. The Morgan fingerprint density at radius 1 is 1.12 bits per heavy atom. The second kappa shape index (κ2) is 8.90. The summed E-state index contributed by atoms with van der Waals surface area (Å²) >= 11 is 5.23. The molecule has 2 aromatic carbocycles. The quantitative estimate of drug-likeness (QED) is 0.367. The number of hydrogen-bond donors (Lipinski definition) is 2. The van der Waals surface area contributed by atoms with Crippen LogP contribution >= 0.6 is 12.2 Å². The fourth-order valence-electron chi connectivity index (χ4n) is 1.99. The number of carbonyl (C=O) groups is 1. The van der Waals surface area contributed by atoms with Gasteiger partial charge in [-0.2, -0.15) is 5.10 Å². The summed E-state index contributed by atoms with van der Waals surface area (Å²) in [7, 11) is 0. The Bertz CT molecular complexity index is 718. The minimum atomic E-state index is -0.424. The molecule has 0 radical (unpaired) electrons. The summed E-state index contributed by atoms with van der Waals surface area (Å²) in [4.78, 5) is 12.5. The van der Waals surface area contributed by atoms with E-state index in [2.05, 4.69) is 10.5 Å². The lowest BCUT2D eigenvalue weighted by Crippen LogP contribution is -2.29. The zero-order chi connectivity index (χ0) is 17.4. The van der Waals surface area contributed by atoms with Crippen molar-refractivity contribution in [3.63, 3.8) is 0 Å². The molecule has 0 fully saturated rings. The molecular weight excluding hydrogens is 322 g/mol. The summed E-state index contributed by atoms with van der Waals surface area (Å²) in [6.07, 6.45) is 0.00768. The third kappa shape index (κ3) is 5.57. The van der Waals surface area contributed by atoms with Crippen LogP contribution in [0.5, 0.6) is 0 Å². The lowest BCUT2D eigenvalue weighted by Gasteiger charge is -2.15. The largest absolute Gasteiger partial charge is 0.286 e. The van der Waals surface area contributed by atoms with Crippen molar-refractivity contribution < 1.29 is 10.0 Å². The highest BCUT2D eigenvalue weighted by atomic mass is 32.1. The number of nitrogens with zero attached hydrogens (tertiary/aromatic N) is 2. The van der Waals surface area contributed by atoms with E-state index in [1.54, 1.807) is 6.92 Å². The Morgan fingerprint density at radius 2 is 1.71 bits per heavy atom. The molecular formula is C18H19N3O2S. The number of nitrogens with one attached hydrogen (secondary N) is 1. The second-order valence-electron chi connectivity index (χ2n) is 5.27. The highest BCUT2D eigenvalue weighted by Crippen LogP contribution is 2.04. The molecule has 0 saturated carbocycles. The molecule has 124 valence electrons. The minimum absolute atomic E-state index is 0.00768. The van der Waals surface area contributed by atoms with Crippen LogP contribution in [0.2, 0.25) is 0 Å². The normalized spacial score (nSPS) is 11.0. The molecule has 0 spiro atoms. The lowest BCUT2D eigenvalue weighted by atomic mass is 10.2. The molecule has 0 unspecified atom stereocenters. The van der Waals surface area contributed by atoms with Gasteiger partial charge in [0.05, 0.1) is 13.0 Å². The topological polar surface area (TPSA) is 64.9 Å². The van der Waals surface area contributed by atoms with Crippen LogP contribution < -0.4 is 5.43 Å².